The molecule has 4 rings (SSSR count). The normalized spacial score (nSPS) is 10.7. The summed E-state index contributed by atoms with van der Waals surface area (Å²) >= 11 is 0. The highest BCUT2D eigenvalue weighted by Gasteiger charge is 2.16. The summed E-state index contributed by atoms with van der Waals surface area (Å²) in [7, 11) is -0.891. The van der Waals surface area contributed by atoms with Gasteiger partial charge in [-0.2, -0.15) is 0 Å². The van der Waals surface area contributed by atoms with Gasteiger partial charge >= 0.3 is 0 Å². The predicted octanol–water partition coefficient (Wildman–Crippen LogP) is 5.78. The maximum absolute atomic E-state index is 6.44. The van der Waals surface area contributed by atoms with Gasteiger partial charge in [0, 0.05) is 10.6 Å². The standard InChI is InChI=1S/C24H19OP/c1-4-10-20(11-5-1)21-16-18-22(19-17-21)25-26(23-12-6-2-7-13-23)24-14-8-3-9-15-24/h1-19H. The Morgan fingerprint density at radius 2 is 0.846 bits per heavy atom. The third-order valence-electron chi connectivity index (χ3n) is 4.14. The van der Waals surface area contributed by atoms with Gasteiger partial charge in [0.05, 0.1) is 0 Å². The minimum atomic E-state index is -0.891. The van der Waals surface area contributed by atoms with E-state index in [1.807, 2.05) is 18.2 Å². The van der Waals surface area contributed by atoms with Gasteiger partial charge < -0.3 is 4.52 Å². The van der Waals surface area contributed by atoms with E-state index < -0.39 is 8.15 Å². The summed E-state index contributed by atoms with van der Waals surface area (Å²) in [5.74, 6) is 0.892. The molecule has 0 radical (unpaired) electrons. The Morgan fingerprint density at radius 3 is 1.35 bits per heavy atom. The van der Waals surface area contributed by atoms with Crippen LogP contribution in [0.4, 0.5) is 0 Å². The Labute approximate surface area is 155 Å². The molecule has 0 aliphatic heterocycles. The summed E-state index contributed by atoms with van der Waals surface area (Å²) in [4.78, 5) is 0. The van der Waals surface area contributed by atoms with Gasteiger partial charge in [-0.3, -0.25) is 0 Å². The molecule has 0 aromatic heterocycles. The molecule has 26 heavy (non-hydrogen) atoms. The third-order valence-corrected chi connectivity index (χ3v) is 6.07. The van der Waals surface area contributed by atoms with Crippen molar-refractivity contribution in [3.05, 3.63) is 115 Å². The summed E-state index contributed by atoms with van der Waals surface area (Å²) in [6.45, 7) is 0. The van der Waals surface area contributed by atoms with Crippen molar-refractivity contribution in [3.8, 4) is 16.9 Å². The molecular formula is C24H19OP. The molecule has 0 unspecified atom stereocenters. The fourth-order valence-electron chi connectivity index (χ4n) is 2.83. The second-order valence-electron chi connectivity index (χ2n) is 5.95. The van der Waals surface area contributed by atoms with Crippen molar-refractivity contribution < 1.29 is 4.52 Å². The maximum Gasteiger partial charge on any atom is 0.150 e. The van der Waals surface area contributed by atoms with Crippen LogP contribution in [0.1, 0.15) is 0 Å². The van der Waals surface area contributed by atoms with Gasteiger partial charge in [0.1, 0.15) is 5.75 Å². The van der Waals surface area contributed by atoms with Crippen LogP contribution in [0, 0.1) is 0 Å². The predicted molar refractivity (Wildman–Crippen MR) is 112 cm³/mol. The van der Waals surface area contributed by atoms with Crippen molar-refractivity contribution in [2.45, 2.75) is 0 Å². The number of rotatable bonds is 5. The van der Waals surface area contributed by atoms with Crippen molar-refractivity contribution in [2.24, 2.45) is 0 Å². The lowest BCUT2D eigenvalue weighted by Gasteiger charge is -2.19. The van der Waals surface area contributed by atoms with Crippen LogP contribution in [-0.4, -0.2) is 0 Å². The molecule has 126 valence electrons. The SMILES string of the molecule is c1ccc(-c2ccc(OP(c3ccccc3)c3ccccc3)cc2)cc1. The van der Waals surface area contributed by atoms with Crippen LogP contribution in [0.25, 0.3) is 11.1 Å². The molecule has 0 atom stereocenters. The zero-order chi connectivity index (χ0) is 17.6. The molecule has 4 aromatic rings. The fourth-order valence-corrected chi connectivity index (χ4v) is 4.55. The highest BCUT2D eigenvalue weighted by Crippen LogP contribution is 2.37. The van der Waals surface area contributed by atoms with Gasteiger partial charge in [-0.25, -0.2) is 0 Å². The molecule has 0 heterocycles. The molecule has 0 saturated heterocycles. The van der Waals surface area contributed by atoms with Crippen LogP contribution < -0.4 is 15.1 Å². The quantitative estimate of drug-likeness (QED) is 0.413. The number of hydrogen-bond acceptors (Lipinski definition) is 1. The van der Waals surface area contributed by atoms with Crippen LogP contribution in [0.2, 0.25) is 0 Å². The van der Waals surface area contributed by atoms with Crippen molar-refractivity contribution in [1.82, 2.24) is 0 Å². The summed E-state index contributed by atoms with van der Waals surface area (Å²) < 4.78 is 6.44. The van der Waals surface area contributed by atoms with Crippen LogP contribution in [0.15, 0.2) is 115 Å². The average molecular weight is 354 g/mol. The van der Waals surface area contributed by atoms with E-state index in [2.05, 4.69) is 97.1 Å². The van der Waals surface area contributed by atoms with Crippen molar-refractivity contribution in [1.29, 1.82) is 0 Å². The van der Waals surface area contributed by atoms with E-state index in [9.17, 15) is 0 Å². The first-order chi connectivity index (χ1) is 12.9. The van der Waals surface area contributed by atoms with Crippen molar-refractivity contribution in [3.63, 3.8) is 0 Å². The van der Waals surface area contributed by atoms with Gasteiger partial charge in [-0.1, -0.05) is 103 Å². The molecule has 0 amide bonds. The van der Waals surface area contributed by atoms with E-state index in [0.717, 1.165) is 5.75 Å². The molecule has 0 saturated carbocycles. The molecule has 0 aliphatic carbocycles. The van der Waals surface area contributed by atoms with Gasteiger partial charge in [0.2, 0.25) is 0 Å². The van der Waals surface area contributed by atoms with Crippen LogP contribution in [0.3, 0.4) is 0 Å². The molecule has 0 aliphatic rings. The summed E-state index contributed by atoms with van der Waals surface area (Å²) in [6.07, 6.45) is 0. The Kier molecular flexibility index (Phi) is 5.09. The molecule has 0 bridgehead atoms. The Morgan fingerprint density at radius 1 is 0.423 bits per heavy atom. The topological polar surface area (TPSA) is 9.23 Å². The van der Waals surface area contributed by atoms with E-state index >= 15 is 0 Å². The lowest BCUT2D eigenvalue weighted by molar-refractivity contribution is 0.630. The van der Waals surface area contributed by atoms with Crippen LogP contribution in [-0.2, 0) is 0 Å². The lowest BCUT2D eigenvalue weighted by atomic mass is 10.1. The van der Waals surface area contributed by atoms with Gasteiger partial charge in [0.25, 0.3) is 0 Å². The van der Waals surface area contributed by atoms with Gasteiger partial charge in [-0.05, 0) is 23.3 Å². The summed E-state index contributed by atoms with van der Waals surface area (Å²) in [5, 5.41) is 2.42. The molecule has 0 spiro atoms. The molecule has 2 heteroatoms. The maximum atomic E-state index is 6.44. The zero-order valence-corrected chi connectivity index (χ0v) is 15.2. The van der Waals surface area contributed by atoms with Crippen LogP contribution in [0.5, 0.6) is 5.75 Å². The van der Waals surface area contributed by atoms with Crippen molar-refractivity contribution >= 4 is 18.8 Å². The fraction of sp³-hybridized carbons (Fsp3) is 0. The molecule has 0 N–H and O–H groups in total. The first kappa shape index (κ1) is 16.6. The van der Waals surface area contributed by atoms with Gasteiger partial charge in [0.15, 0.2) is 8.15 Å². The highest BCUT2D eigenvalue weighted by atomic mass is 31.1. The van der Waals surface area contributed by atoms with E-state index in [1.165, 1.54) is 21.7 Å². The lowest BCUT2D eigenvalue weighted by Crippen LogP contribution is -2.15. The molecule has 0 fully saturated rings. The highest BCUT2D eigenvalue weighted by molar-refractivity contribution is 7.68. The molecular weight excluding hydrogens is 335 g/mol. The minimum Gasteiger partial charge on any atom is -0.464 e. The molecule has 1 nitrogen and oxygen atoms in total. The minimum absolute atomic E-state index is 0.891. The summed E-state index contributed by atoms with van der Waals surface area (Å²) in [5.41, 5.74) is 2.41. The number of benzene rings is 4. The van der Waals surface area contributed by atoms with E-state index in [4.69, 9.17) is 4.52 Å². The third kappa shape index (κ3) is 3.85. The van der Waals surface area contributed by atoms with Gasteiger partial charge in [-0.15, -0.1) is 0 Å². The monoisotopic (exact) mass is 354 g/mol. The largest absolute Gasteiger partial charge is 0.464 e. The smallest absolute Gasteiger partial charge is 0.150 e. The zero-order valence-electron chi connectivity index (χ0n) is 14.3. The first-order valence-corrected chi connectivity index (χ1v) is 9.90. The number of hydrogen-bond donors (Lipinski definition) is 0. The second-order valence-corrected chi connectivity index (χ2v) is 7.75. The van der Waals surface area contributed by atoms with E-state index in [0.29, 0.717) is 0 Å². The van der Waals surface area contributed by atoms with Crippen molar-refractivity contribution in [2.75, 3.05) is 0 Å². The Hall–Kier alpha value is -2.89. The van der Waals surface area contributed by atoms with E-state index in [1.54, 1.807) is 0 Å². The van der Waals surface area contributed by atoms with E-state index in [-0.39, 0.29) is 0 Å². The van der Waals surface area contributed by atoms with Crippen LogP contribution >= 0.6 is 8.15 Å². The first-order valence-electron chi connectivity index (χ1n) is 8.64. The second kappa shape index (κ2) is 7.99. The molecule has 4 aromatic carbocycles. The Balaban J connectivity index is 1.62. The average Bonchev–Trinajstić information content (AvgIpc) is 2.74. The Bertz CT molecular complexity index is 896. The summed E-state index contributed by atoms with van der Waals surface area (Å²) in [6, 6.07) is 39.6.